The first kappa shape index (κ1) is 28.7. The summed E-state index contributed by atoms with van der Waals surface area (Å²) in [5, 5.41) is 0. The number of ether oxygens (including phenoxy) is 5. The van der Waals surface area contributed by atoms with Crippen LogP contribution in [0.3, 0.4) is 0 Å². The highest BCUT2D eigenvalue weighted by Gasteiger charge is 2.45. The summed E-state index contributed by atoms with van der Waals surface area (Å²) in [6.07, 6.45) is 4.73. The normalized spacial score (nSPS) is 29.9. The lowest BCUT2D eigenvalue weighted by molar-refractivity contribution is -0.268. The van der Waals surface area contributed by atoms with Gasteiger partial charge in [-0.25, -0.2) is 0 Å². The number of allylic oxidation sites excluding steroid dienone is 1. The molecular weight excluding hydrogens is 539 g/mol. The molecule has 0 N–H and O–H groups in total. The average Bonchev–Trinajstić information content (AvgIpc) is 2.77. The van der Waals surface area contributed by atoms with Crippen LogP contribution in [-0.4, -0.2) is 65.6 Å². The van der Waals surface area contributed by atoms with Gasteiger partial charge in [-0.2, -0.15) is 0 Å². The zero-order valence-electron chi connectivity index (χ0n) is 21.2. The second-order valence-electron chi connectivity index (χ2n) is 9.62. The summed E-state index contributed by atoms with van der Waals surface area (Å²) in [6, 6.07) is 3.33. The van der Waals surface area contributed by atoms with Gasteiger partial charge >= 0.3 is 0 Å². The second-order valence-corrected chi connectivity index (χ2v) is 16.0. The van der Waals surface area contributed by atoms with Gasteiger partial charge in [0.1, 0.15) is 6.79 Å². The summed E-state index contributed by atoms with van der Waals surface area (Å²) in [7, 11) is -0.153. The molecule has 2 heterocycles. The molecule has 32 heavy (non-hydrogen) atoms. The molecule has 0 radical (unpaired) electrons. The first-order chi connectivity index (χ1) is 15.2. The summed E-state index contributed by atoms with van der Waals surface area (Å²) < 4.78 is 38.3. The fraction of sp³-hybridized carbons (Fsp3) is 0.917. The zero-order valence-corrected chi connectivity index (χ0v) is 24.3. The van der Waals surface area contributed by atoms with Crippen LogP contribution >= 0.6 is 22.6 Å². The van der Waals surface area contributed by atoms with Crippen LogP contribution in [0.5, 0.6) is 0 Å². The van der Waals surface area contributed by atoms with Crippen LogP contribution < -0.4 is 0 Å². The Kier molecular flexibility index (Phi) is 12.1. The molecule has 0 bridgehead atoms. The van der Waals surface area contributed by atoms with E-state index in [0.717, 1.165) is 37.4 Å². The van der Waals surface area contributed by atoms with Crippen LogP contribution in [0.2, 0.25) is 18.1 Å². The van der Waals surface area contributed by atoms with Crippen LogP contribution in [-0.2, 0) is 28.1 Å². The standard InChI is InChI=1S/C24H45IO6Si/c1-8-32(9-2,10-3)31-23-21(12-11-18(4)25)30-20(14-22(23)27-17-26-7)13-19-15-28-24(5,6)29-16-19/h11,19-23H,8-10,12-17H2,1-7H3/b18-11+/t20-,21-,22+,23-/m1/s1. The molecule has 6 nitrogen and oxygen atoms in total. The summed E-state index contributed by atoms with van der Waals surface area (Å²) in [5.41, 5.74) is 0. The van der Waals surface area contributed by atoms with E-state index in [1.165, 1.54) is 3.58 Å². The lowest BCUT2D eigenvalue weighted by atomic mass is 9.90. The predicted octanol–water partition coefficient (Wildman–Crippen LogP) is 6.04. The van der Waals surface area contributed by atoms with Crippen molar-refractivity contribution in [3.05, 3.63) is 9.66 Å². The molecule has 2 fully saturated rings. The van der Waals surface area contributed by atoms with E-state index in [4.69, 9.17) is 28.1 Å². The molecule has 2 aliphatic rings. The van der Waals surface area contributed by atoms with Gasteiger partial charge in [0.25, 0.3) is 0 Å². The van der Waals surface area contributed by atoms with E-state index in [0.29, 0.717) is 19.1 Å². The molecule has 0 aromatic carbocycles. The van der Waals surface area contributed by atoms with E-state index in [-0.39, 0.29) is 31.2 Å². The number of rotatable bonds is 12. The lowest BCUT2D eigenvalue weighted by Crippen LogP contribution is -2.56. The largest absolute Gasteiger partial charge is 0.409 e. The van der Waals surface area contributed by atoms with Gasteiger partial charge in [-0.3, -0.25) is 0 Å². The van der Waals surface area contributed by atoms with E-state index in [1.807, 2.05) is 13.8 Å². The first-order valence-electron chi connectivity index (χ1n) is 12.2. The SMILES string of the molecule is CC[Si](CC)(CC)O[C@H]1[C@@H](OCOC)C[C@@H](CC2COC(C)(C)OC2)O[C@@H]1C/C=C(\C)I. The van der Waals surface area contributed by atoms with Gasteiger partial charge in [0.05, 0.1) is 37.6 Å². The third kappa shape index (κ3) is 8.59. The van der Waals surface area contributed by atoms with Crippen molar-refractivity contribution in [2.45, 2.75) is 109 Å². The molecule has 0 saturated carbocycles. The fourth-order valence-corrected chi connectivity index (χ4v) is 7.76. The molecule has 0 spiro atoms. The number of hydrogen-bond donors (Lipinski definition) is 0. The van der Waals surface area contributed by atoms with Gasteiger partial charge in [-0.05, 0) is 77.9 Å². The molecule has 0 aliphatic carbocycles. The smallest absolute Gasteiger partial charge is 0.192 e. The van der Waals surface area contributed by atoms with Crippen molar-refractivity contribution in [1.82, 2.24) is 0 Å². The van der Waals surface area contributed by atoms with Gasteiger partial charge in [0.15, 0.2) is 14.1 Å². The van der Waals surface area contributed by atoms with Crippen molar-refractivity contribution in [3.8, 4) is 0 Å². The highest BCUT2D eigenvalue weighted by Crippen LogP contribution is 2.36. The topological polar surface area (TPSA) is 55.4 Å². The third-order valence-corrected chi connectivity index (χ3v) is 12.0. The molecule has 2 saturated heterocycles. The molecular formula is C24H45IO6Si. The van der Waals surface area contributed by atoms with E-state index in [1.54, 1.807) is 7.11 Å². The number of methoxy groups -OCH3 is 1. The molecule has 2 rings (SSSR count). The lowest BCUT2D eigenvalue weighted by Gasteiger charge is -2.46. The van der Waals surface area contributed by atoms with Gasteiger partial charge in [0, 0.05) is 19.4 Å². The Morgan fingerprint density at radius 3 is 2.28 bits per heavy atom. The maximum atomic E-state index is 7.00. The maximum Gasteiger partial charge on any atom is 0.192 e. The van der Waals surface area contributed by atoms with Crippen LogP contribution in [0.4, 0.5) is 0 Å². The van der Waals surface area contributed by atoms with Crippen molar-refractivity contribution in [3.63, 3.8) is 0 Å². The van der Waals surface area contributed by atoms with Crippen LogP contribution in [0.15, 0.2) is 9.66 Å². The van der Waals surface area contributed by atoms with E-state index >= 15 is 0 Å². The number of halogens is 1. The minimum absolute atomic E-state index is 0.0290. The molecule has 2 aliphatic heterocycles. The molecule has 8 heteroatoms. The van der Waals surface area contributed by atoms with Crippen molar-refractivity contribution < 1.29 is 28.1 Å². The Hall–Kier alpha value is 0.447. The van der Waals surface area contributed by atoms with Gasteiger partial charge < -0.3 is 28.1 Å². The maximum absolute atomic E-state index is 7.00. The predicted molar refractivity (Wildman–Crippen MR) is 139 cm³/mol. The molecule has 0 amide bonds. The van der Waals surface area contributed by atoms with E-state index in [2.05, 4.69) is 56.4 Å². The highest BCUT2D eigenvalue weighted by atomic mass is 127. The van der Waals surface area contributed by atoms with Crippen molar-refractivity contribution in [1.29, 1.82) is 0 Å². The Labute approximate surface area is 210 Å². The first-order valence-corrected chi connectivity index (χ1v) is 15.8. The summed E-state index contributed by atoms with van der Waals surface area (Å²) >= 11 is 2.37. The quantitative estimate of drug-likeness (QED) is 0.158. The van der Waals surface area contributed by atoms with Gasteiger partial charge in [-0.1, -0.05) is 26.8 Å². The van der Waals surface area contributed by atoms with Crippen LogP contribution in [0, 0.1) is 5.92 Å². The summed E-state index contributed by atoms with van der Waals surface area (Å²) in [5.74, 6) is -0.168. The van der Waals surface area contributed by atoms with Gasteiger partial charge in [0.2, 0.25) is 0 Å². The molecule has 0 aromatic heterocycles. The zero-order chi connectivity index (χ0) is 23.8. The van der Waals surface area contributed by atoms with Crippen molar-refractivity contribution in [2.75, 3.05) is 27.1 Å². The summed E-state index contributed by atoms with van der Waals surface area (Å²) in [6.45, 7) is 14.5. The molecule has 0 aromatic rings. The Morgan fingerprint density at radius 1 is 1.12 bits per heavy atom. The van der Waals surface area contributed by atoms with E-state index < -0.39 is 14.1 Å². The average molecular weight is 585 g/mol. The Morgan fingerprint density at radius 2 is 1.75 bits per heavy atom. The number of hydrogen-bond acceptors (Lipinski definition) is 6. The minimum atomic E-state index is -1.83. The Balaban J connectivity index is 2.19. The van der Waals surface area contributed by atoms with Gasteiger partial charge in [-0.15, -0.1) is 0 Å². The summed E-state index contributed by atoms with van der Waals surface area (Å²) in [4.78, 5) is 0. The Bertz CT molecular complexity index is 561. The fourth-order valence-electron chi connectivity index (χ4n) is 4.63. The molecule has 4 atom stereocenters. The van der Waals surface area contributed by atoms with Crippen molar-refractivity contribution in [2.24, 2.45) is 5.92 Å². The molecule has 0 unspecified atom stereocenters. The highest BCUT2D eigenvalue weighted by molar-refractivity contribution is 14.1. The van der Waals surface area contributed by atoms with Crippen LogP contribution in [0.1, 0.15) is 60.8 Å². The monoisotopic (exact) mass is 584 g/mol. The third-order valence-electron chi connectivity index (χ3n) is 6.88. The van der Waals surface area contributed by atoms with Crippen molar-refractivity contribution >= 4 is 30.9 Å². The molecule has 188 valence electrons. The van der Waals surface area contributed by atoms with E-state index in [9.17, 15) is 0 Å². The van der Waals surface area contributed by atoms with Crippen LogP contribution in [0.25, 0.3) is 0 Å². The second kappa shape index (κ2) is 13.5. The minimum Gasteiger partial charge on any atom is -0.409 e.